The third-order valence-electron chi connectivity index (χ3n) is 1.88. The van der Waals surface area contributed by atoms with Crippen molar-refractivity contribution in [2.45, 2.75) is 6.10 Å². The molecule has 7 nitrogen and oxygen atoms in total. The normalized spacial score (nSPS) is 11.9. The molecule has 17 heavy (non-hydrogen) atoms. The van der Waals surface area contributed by atoms with Crippen LogP contribution in [0.15, 0.2) is 18.2 Å². The number of nitro benzene ring substituents is 1. The smallest absolute Gasteiger partial charge is 0.346 e. The van der Waals surface area contributed by atoms with Crippen LogP contribution < -0.4 is 10.5 Å². The Kier molecular flexibility index (Phi) is 3.94. The van der Waals surface area contributed by atoms with Crippen molar-refractivity contribution in [3.63, 3.8) is 0 Å². The van der Waals surface area contributed by atoms with Crippen molar-refractivity contribution in [3.8, 4) is 5.75 Å². The molecule has 0 aliphatic rings. The standard InChI is InChI=1S/C9H9FN2O5/c10-5-1-2-6(12(15)16)7(3-5)17-8(4-11)9(13)14/h1-3,8H,4,11H2,(H,13,14). The topological polar surface area (TPSA) is 116 Å². The van der Waals surface area contributed by atoms with Crippen molar-refractivity contribution in [1.29, 1.82) is 0 Å². The lowest BCUT2D eigenvalue weighted by atomic mass is 10.2. The first-order chi connectivity index (χ1) is 7.95. The van der Waals surface area contributed by atoms with Gasteiger partial charge in [-0.05, 0) is 6.07 Å². The molecular weight excluding hydrogens is 235 g/mol. The van der Waals surface area contributed by atoms with Gasteiger partial charge in [-0.1, -0.05) is 0 Å². The van der Waals surface area contributed by atoms with E-state index in [9.17, 15) is 19.3 Å². The van der Waals surface area contributed by atoms with Crippen molar-refractivity contribution in [1.82, 2.24) is 0 Å². The highest BCUT2D eigenvalue weighted by Gasteiger charge is 2.23. The summed E-state index contributed by atoms with van der Waals surface area (Å²) in [5.74, 6) is -2.62. The maximum Gasteiger partial charge on any atom is 0.346 e. The van der Waals surface area contributed by atoms with Crippen LogP contribution in [-0.4, -0.2) is 28.6 Å². The largest absolute Gasteiger partial charge is 0.478 e. The van der Waals surface area contributed by atoms with E-state index in [4.69, 9.17) is 15.6 Å². The Hall–Kier alpha value is -2.22. The van der Waals surface area contributed by atoms with E-state index >= 15 is 0 Å². The summed E-state index contributed by atoms with van der Waals surface area (Å²) < 4.78 is 17.7. The van der Waals surface area contributed by atoms with Gasteiger partial charge in [0.1, 0.15) is 5.82 Å². The van der Waals surface area contributed by atoms with Crippen LogP contribution in [0.1, 0.15) is 0 Å². The SMILES string of the molecule is NCC(Oc1cc(F)ccc1[N+](=O)[O-])C(=O)O. The molecule has 0 fully saturated rings. The fraction of sp³-hybridized carbons (Fsp3) is 0.222. The zero-order valence-corrected chi connectivity index (χ0v) is 8.50. The summed E-state index contributed by atoms with van der Waals surface area (Å²) in [7, 11) is 0. The van der Waals surface area contributed by atoms with Gasteiger partial charge >= 0.3 is 11.7 Å². The molecule has 92 valence electrons. The van der Waals surface area contributed by atoms with Crippen molar-refractivity contribution >= 4 is 11.7 Å². The lowest BCUT2D eigenvalue weighted by Gasteiger charge is -2.12. The van der Waals surface area contributed by atoms with Crippen LogP contribution in [0.5, 0.6) is 5.75 Å². The number of carboxylic acid groups (broad SMARTS) is 1. The molecule has 0 saturated heterocycles. The zero-order valence-electron chi connectivity index (χ0n) is 8.50. The summed E-state index contributed by atoms with van der Waals surface area (Å²) in [6.45, 7) is -0.386. The van der Waals surface area contributed by atoms with E-state index in [0.717, 1.165) is 18.2 Å². The molecule has 1 unspecified atom stereocenters. The zero-order chi connectivity index (χ0) is 13.0. The number of nitrogens with zero attached hydrogens (tertiary/aromatic N) is 1. The molecule has 0 saturated carbocycles. The minimum Gasteiger partial charge on any atom is -0.478 e. The Bertz CT molecular complexity index is 451. The van der Waals surface area contributed by atoms with Gasteiger partial charge in [0.25, 0.3) is 0 Å². The number of aliphatic carboxylic acids is 1. The van der Waals surface area contributed by atoms with E-state index in [0.29, 0.717) is 0 Å². The van der Waals surface area contributed by atoms with Gasteiger partial charge in [0.05, 0.1) is 4.92 Å². The number of ether oxygens (including phenoxy) is 1. The first-order valence-corrected chi connectivity index (χ1v) is 4.49. The minimum absolute atomic E-state index is 0.386. The van der Waals surface area contributed by atoms with Crippen LogP contribution in [0.2, 0.25) is 0 Å². The number of carbonyl (C=O) groups is 1. The minimum atomic E-state index is -1.46. The summed E-state index contributed by atoms with van der Waals surface area (Å²) in [6.07, 6.45) is -1.46. The number of benzene rings is 1. The van der Waals surface area contributed by atoms with Crippen LogP contribution in [-0.2, 0) is 4.79 Å². The molecule has 0 amide bonds. The van der Waals surface area contributed by atoms with E-state index in [2.05, 4.69) is 0 Å². The molecule has 8 heteroatoms. The first-order valence-electron chi connectivity index (χ1n) is 4.49. The van der Waals surface area contributed by atoms with Gasteiger partial charge in [-0.25, -0.2) is 9.18 Å². The quantitative estimate of drug-likeness (QED) is 0.576. The van der Waals surface area contributed by atoms with Gasteiger partial charge in [0.15, 0.2) is 0 Å². The van der Waals surface area contributed by atoms with Gasteiger partial charge in [-0.15, -0.1) is 0 Å². The van der Waals surface area contributed by atoms with Gasteiger partial charge in [0.2, 0.25) is 11.9 Å². The third kappa shape index (κ3) is 3.11. The third-order valence-corrected chi connectivity index (χ3v) is 1.88. The summed E-state index contributed by atoms with van der Waals surface area (Å²) in [6, 6.07) is 2.51. The second-order valence-electron chi connectivity index (χ2n) is 3.05. The molecule has 0 aromatic heterocycles. The Morgan fingerprint density at radius 1 is 1.65 bits per heavy atom. The van der Waals surface area contributed by atoms with Crippen LogP contribution >= 0.6 is 0 Å². The highest BCUT2D eigenvalue weighted by atomic mass is 19.1. The average Bonchev–Trinajstić information content (AvgIpc) is 2.25. The van der Waals surface area contributed by atoms with Crippen molar-refractivity contribution in [2.75, 3.05) is 6.54 Å². The predicted molar refractivity (Wildman–Crippen MR) is 54.2 cm³/mol. The summed E-state index contributed by atoms with van der Waals surface area (Å²) in [5.41, 5.74) is 4.59. The van der Waals surface area contributed by atoms with E-state index in [1.807, 2.05) is 0 Å². The Morgan fingerprint density at radius 2 is 2.29 bits per heavy atom. The molecule has 0 aliphatic heterocycles. The summed E-state index contributed by atoms with van der Waals surface area (Å²) in [4.78, 5) is 20.4. The molecule has 1 rings (SSSR count). The molecule has 0 aliphatic carbocycles. The first kappa shape index (κ1) is 12.8. The number of halogens is 1. The lowest BCUT2D eigenvalue weighted by molar-refractivity contribution is -0.386. The van der Waals surface area contributed by atoms with Crippen LogP contribution in [0.25, 0.3) is 0 Å². The molecule has 1 aromatic carbocycles. The number of nitro groups is 1. The molecule has 0 radical (unpaired) electrons. The molecule has 1 atom stereocenters. The van der Waals surface area contributed by atoms with Crippen molar-refractivity contribution in [3.05, 3.63) is 34.1 Å². The van der Waals surface area contributed by atoms with E-state index in [-0.39, 0.29) is 6.54 Å². The number of hydrogen-bond acceptors (Lipinski definition) is 5. The van der Waals surface area contributed by atoms with Gasteiger partial charge in [-0.3, -0.25) is 10.1 Å². The maximum absolute atomic E-state index is 12.9. The molecule has 0 heterocycles. The van der Waals surface area contributed by atoms with Gasteiger partial charge in [0, 0.05) is 18.7 Å². The molecule has 0 spiro atoms. The Balaban J connectivity index is 3.07. The van der Waals surface area contributed by atoms with Crippen molar-refractivity contribution in [2.24, 2.45) is 5.73 Å². The van der Waals surface area contributed by atoms with Crippen LogP contribution in [0.4, 0.5) is 10.1 Å². The highest BCUT2D eigenvalue weighted by Crippen LogP contribution is 2.28. The second-order valence-corrected chi connectivity index (χ2v) is 3.05. The molecular formula is C9H9FN2O5. The van der Waals surface area contributed by atoms with E-state index < -0.39 is 34.3 Å². The Morgan fingerprint density at radius 3 is 2.76 bits per heavy atom. The number of hydrogen-bond donors (Lipinski definition) is 2. The fourth-order valence-electron chi connectivity index (χ4n) is 1.09. The van der Waals surface area contributed by atoms with Gasteiger partial charge in [-0.2, -0.15) is 0 Å². The van der Waals surface area contributed by atoms with Crippen LogP contribution in [0.3, 0.4) is 0 Å². The predicted octanol–water partition coefficient (Wildman–Crippen LogP) is 0.525. The highest BCUT2D eigenvalue weighted by molar-refractivity contribution is 5.73. The Labute approximate surface area is 94.8 Å². The van der Waals surface area contributed by atoms with E-state index in [1.165, 1.54) is 0 Å². The average molecular weight is 244 g/mol. The van der Waals surface area contributed by atoms with Crippen LogP contribution in [0, 0.1) is 15.9 Å². The number of carboxylic acids is 1. The van der Waals surface area contributed by atoms with Gasteiger partial charge < -0.3 is 15.6 Å². The molecule has 3 N–H and O–H groups in total. The van der Waals surface area contributed by atoms with E-state index in [1.54, 1.807) is 0 Å². The summed E-state index contributed by atoms with van der Waals surface area (Å²) >= 11 is 0. The molecule has 1 aromatic rings. The summed E-state index contributed by atoms with van der Waals surface area (Å²) in [5, 5.41) is 19.3. The maximum atomic E-state index is 12.9. The lowest BCUT2D eigenvalue weighted by Crippen LogP contribution is -2.34. The fourth-order valence-corrected chi connectivity index (χ4v) is 1.09. The van der Waals surface area contributed by atoms with Crippen molar-refractivity contribution < 1.29 is 24.0 Å². The number of nitrogens with two attached hydrogens (primary N) is 1. The molecule has 0 bridgehead atoms. The second kappa shape index (κ2) is 5.21. The number of rotatable bonds is 5. The monoisotopic (exact) mass is 244 g/mol.